The van der Waals surface area contributed by atoms with Crippen molar-refractivity contribution in [2.24, 2.45) is 0 Å². The van der Waals surface area contributed by atoms with Gasteiger partial charge in [-0.2, -0.15) is 0 Å². The van der Waals surface area contributed by atoms with E-state index < -0.39 is 0 Å². The molecule has 0 atom stereocenters. The SMILES string of the molecule is Cc1csc(C(C)(C)NC2CC2)n1. The number of rotatable bonds is 3. The summed E-state index contributed by atoms with van der Waals surface area (Å²) in [6.07, 6.45) is 2.65. The van der Waals surface area contributed by atoms with Gasteiger partial charge in [-0.15, -0.1) is 11.3 Å². The third kappa shape index (κ3) is 2.09. The van der Waals surface area contributed by atoms with Gasteiger partial charge in [-0.25, -0.2) is 4.98 Å². The van der Waals surface area contributed by atoms with Gasteiger partial charge in [0.2, 0.25) is 0 Å². The van der Waals surface area contributed by atoms with E-state index in [-0.39, 0.29) is 5.54 Å². The predicted octanol–water partition coefficient (Wildman–Crippen LogP) is 2.44. The first-order valence-corrected chi connectivity index (χ1v) is 5.66. The normalized spacial score (nSPS) is 17.8. The second-order valence-electron chi connectivity index (χ2n) is 4.34. The van der Waals surface area contributed by atoms with Crippen LogP contribution in [0.15, 0.2) is 5.38 Å². The molecule has 72 valence electrons. The minimum Gasteiger partial charge on any atom is -0.303 e. The third-order valence-corrected chi connectivity index (χ3v) is 3.58. The molecule has 1 aromatic heterocycles. The summed E-state index contributed by atoms with van der Waals surface area (Å²) in [5.74, 6) is 0. The Balaban J connectivity index is 2.12. The van der Waals surface area contributed by atoms with Crippen LogP contribution in [0.25, 0.3) is 0 Å². The second-order valence-corrected chi connectivity index (χ2v) is 5.20. The van der Waals surface area contributed by atoms with Crippen molar-refractivity contribution in [3.05, 3.63) is 16.1 Å². The Bertz CT molecular complexity index is 300. The summed E-state index contributed by atoms with van der Waals surface area (Å²) in [5.41, 5.74) is 1.19. The number of hydrogen-bond donors (Lipinski definition) is 1. The molecule has 0 radical (unpaired) electrons. The molecule has 1 aliphatic rings. The van der Waals surface area contributed by atoms with Crippen LogP contribution in [0.2, 0.25) is 0 Å². The van der Waals surface area contributed by atoms with Gasteiger partial charge in [-0.1, -0.05) is 0 Å². The van der Waals surface area contributed by atoms with Crippen molar-refractivity contribution < 1.29 is 0 Å². The summed E-state index contributed by atoms with van der Waals surface area (Å²) in [6.45, 7) is 6.47. The van der Waals surface area contributed by atoms with Crippen LogP contribution in [0, 0.1) is 6.92 Å². The lowest BCUT2D eigenvalue weighted by Gasteiger charge is -2.23. The maximum Gasteiger partial charge on any atom is 0.112 e. The fourth-order valence-corrected chi connectivity index (χ4v) is 2.33. The standard InChI is InChI=1S/C10H16N2S/c1-7-6-13-9(11-7)10(2,3)12-8-4-5-8/h6,8,12H,4-5H2,1-3H3. The Morgan fingerprint density at radius 2 is 2.23 bits per heavy atom. The van der Waals surface area contributed by atoms with Crippen LogP contribution in [-0.2, 0) is 5.54 Å². The molecular weight excluding hydrogens is 180 g/mol. The van der Waals surface area contributed by atoms with Crippen LogP contribution in [0.4, 0.5) is 0 Å². The van der Waals surface area contributed by atoms with Crippen molar-refractivity contribution >= 4 is 11.3 Å². The first-order chi connectivity index (χ1) is 6.08. The maximum atomic E-state index is 4.52. The lowest BCUT2D eigenvalue weighted by Crippen LogP contribution is -2.37. The van der Waals surface area contributed by atoms with Crippen molar-refractivity contribution in [3.63, 3.8) is 0 Å². The van der Waals surface area contributed by atoms with E-state index in [0.717, 1.165) is 11.7 Å². The molecule has 3 heteroatoms. The fourth-order valence-electron chi connectivity index (χ4n) is 1.44. The van der Waals surface area contributed by atoms with Crippen LogP contribution in [0.3, 0.4) is 0 Å². The molecule has 0 spiro atoms. The molecule has 2 rings (SSSR count). The van der Waals surface area contributed by atoms with Gasteiger partial charge in [0.05, 0.1) is 5.54 Å². The zero-order valence-electron chi connectivity index (χ0n) is 8.42. The highest BCUT2D eigenvalue weighted by Crippen LogP contribution is 2.29. The van der Waals surface area contributed by atoms with Crippen molar-refractivity contribution in [1.82, 2.24) is 10.3 Å². The minimum absolute atomic E-state index is 0.0556. The Labute approximate surface area is 83.4 Å². The molecule has 1 N–H and O–H groups in total. The number of nitrogens with one attached hydrogen (secondary N) is 1. The summed E-state index contributed by atoms with van der Waals surface area (Å²) < 4.78 is 0. The molecule has 0 unspecified atom stereocenters. The first-order valence-electron chi connectivity index (χ1n) is 4.78. The number of nitrogens with zero attached hydrogens (tertiary/aromatic N) is 1. The fraction of sp³-hybridized carbons (Fsp3) is 0.700. The van der Waals surface area contributed by atoms with Gasteiger partial charge in [0.1, 0.15) is 5.01 Å². The van der Waals surface area contributed by atoms with Crippen LogP contribution in [-0.4, -0.2) is 11.0 Å². The highest BCUT2D eigenvalue weighted by molar-refractivity contribution is 7.09. The van der Waals surface area contributed by atoms with E-state index in [2.05, 4.69) is 29.5 Å². The van der Waals surface area contributed by atoms with E-state index in [1.54, 1.807) is 11.3 Å². The highest BCUT2D eigenvalue weighted by atomic mass is 32.1. The van der Waals surface area contributed by atoms with Gasteiger partial charge >= 0.3 is 0 Å². The predicted molar refractivity (Wildman–Crippen MR) is 56.0 cm³/mol. The van der Waals surface area contributed by atoms with E-state index in [9.17, 15) is 0 Å². The van der Waals surface area contributed by atoms with E-state index >= 15 is 0 Å². The number of aromatic nitrogens is 1. The summed E-state index contributed by atoms with van der Waals surface area (Å²) in [7, 11) is 0. The van der Waals surface area contributed by atoms with E-state index in [0.29, 0.717) is 0 Å². The Morgan fingerprint density at radius 3 is 2.69 bits per heavy atom. The molecule has 1 aromatic rings. The van der Waals surface area contributed by atoms with Crippen molar-refractivity contribution in [1.29, 1.82) is 0 Å². The van der Waals surface area contributed by atoms with Crippen molar-refractivity contribution in [2.45, 2.75) is 45.2 Å². The van der Waals surface area contributed by atoms with Gasteiger partial charge < -0.3 is 5.32 Å². The number of thiazole rings is 1. The molecular formula is C10H16N2S. The molecule has 1 heterocycles. The Kier molecular flexibility index (Phi) is 2.16. The highest BCUT2D eigenvalue weighted by Gasteiger charge is 2.31. The van der Waals surface area contributed by atoms with Gasteiger partial charge in [-0.3, -0.25) is 0 Å². The van der Waals surface area contributed by atoms with E-state index in [1.165, 1.54) is 17.8 Å². The van der Waals surface area contributed by atoms with Crippen LogP contribution in [0.5, 0.6) is 0 Å². The van der Waals surface area contributed by atoms with Gasteiger partial charge in [0.15, 0.2) is 0 Å². The third-order valence-electron chi connectivity index (χ3n) is 2.30. The lowest BCUT2D eigenvalue weighted by atomic mass is 10.1. The molecule has 1 fully saturated rings. The minimum atomic E-state index is 0.0556. The molecule has 2 nitrogen and oxygen atoms in total. The topological polar surface area (TPSA) is 24.9 Å². The van der Waals surface area contributed by atoms with Crippen LogP contribution in [0.1, 0.15) is 37.4 Å². The first kappa shape index (κ1) is 9.16. The van der Waals surface area contributed by atoms with Crippen molar-refractivity contribution in [2.75, 3.05) is 0 Å². The van der Waals surface area contributed by atoms with Gasteiger partial charge in [-0.05, 0) is 33.6 Å². The van der Waals surface area contributed by atoms with Gasteiger partial charge in [0.25, 0.3) is 0 Å². The lowest BCUT2D eigenvalue weighted by molar-refractivity contribution is 0.397. The monoisotopic (exact) mass is 196 g/mol. The summed E-state index contributed by atoms with van der Waals surface area (Å²) in [4.78, 5) is 4.52. The molecule has 1 saturated carbocycles. The zero-order chi connectivity index (χ0) is 9.47. The molecule has 0 saturated heterocycles. The molecule has 0 aliphatic heterocycles. The smallest absolute Gasteiger partial charge is 0.112 e. The van der Waals surface area contributed by atoms with Gasteiger partial charge in [0, 0.05) is 17.1 Å². The molecule has 0 amide bonds. The molecule has 1 aliphatic carbocycles. The summed E-state index contributed by atoms with van der Waals surface area (Å²) >= 11 is 1.75. The average molecular weight is 196 g/mol. The quantitative estimate of drug-likeness (QED) is 0.803. The Hall–Kier alpha value is -0.410. The number of aryl methyl sites for hydroxylation is 1. The average Bonchev–Trinajstić information content (AvgIpc) is 2.70. The zero-order valence-corrected chi connectivity index (χ0v) is 9.24. The second kappa shape index (κ2) is 3.07. The van der Waals surface area contributed by atoms with E-state index in [1.807, 2.05) is 6.92 Å². The largest absolute Gasteiger partial charge is 0.303 e. The summed E-state index contributed by atoms with van der Waals surface area (Å²) in [6, 6.07) is 0.735. The molecule has 0 bridgehead atoms. The van der Waals surface area contributed by atoms with Crippen LogP contribution >= 0.6 is 11.3 Å². The molecule has 0 aromatic carbocycles. The van der Waals surface area contributed by atoms with E-state index in [4.69, 9.17) is 0 Å². The maximum absolute atomic E-state index is 4.52. The van der Waals surface area contributed by atoms with Crippen LogP contribution < -0.4 is 5.32 Å². The van der Waals surface area contributed by atoms with Crippen molar-refractivity contribution in [3.8, 4) is 0 Å². The summed E-state index contributed by atoms with van der Waals surface area (Å²) in [5, 5.41) is 6.93. The Morgan fingerprint density at radius 1 is 1.54 bits per heavy atom. The number of hydrogen-bond acceptors (Lipinski definition) is 3. The molecule has 13 heavy (non-hydrogen) atoms.